The van der Waals surface area contributed by atoms with Crippen LogP contribution in [0.25, 0.3) is 0 Å². The lowest BCUT2D eigenvalue weighted by atomic mass is 10.3. The molecule has 1 amide bonds. The molecule has 0 saturated heterocycles. The molecule has 8 heteroatoms. The molecule has 0 aliphatic rings. The molecule has 114 valence electrons. The van der Waals surface area contributed by atoms with Crippen molar-refractivity contribution in [3.05, 3.63) is 56.0 Å². The number of carbonyl (C=O) groups excluding carboxylic acids is 2. The van der Waals surface area contributed by atoms with Gasteiger partial charge in [-0.3, -0.25) is 9.59 Å². The second-order valence-corrected chi connectivity index (χ2v) is 5.56. The molecule has 0 unspecified atom stereocenters. The van der Waals surface area contributed by atoms with E-state index in [1.807, 2.05) is 6.07 Å². The third kappa shape index (κ3) is 4.38. The Morgan fingerprint density at radius 1 is 1.32 bits per heavy atom. The molecule has 7 nitrogen and oxygen atoms in total. The lowest BCUT2D eigenvalue weighted by molar-refractivity contribution is -0.119. The molecule has 2 rings (SSSR count). The van der Waals surface area contributed by atoms with Gasteiger partial charge in [0.15, 0.2) is 12.3 Å². The number of aryl methyl sites for hydroxylation is 1. The summed E-state index contributed by atoms with van der Waals surface area (Å²) in [4.78, 5) is 34.6. The van der Waals surface area contributed by atoms with Gasteiger partial charge in [0.2, 0.25) is 0 Å². The lowest BCUT2D eigenvalue weighted by Crippen LogP contribution is -2.24. The van der Waals surface area contributed by atoms with Crippen LogP contribution in [0.4, 0.5) is 5.69 Å². The predicted molar refractivity (Wildman–Crippen MR) is 87.5 cm³/mol. The van der Waals surface area contributed by atoms with Gasteiger partial charge in [-0.05, 0) is 46.9 Å². The van der Waals surface area contributed by atoms with Crippen LogP contribution in [0.2, 0.25) is 0 Å². The number of nitrogens with one attached hydrogen (secondary N) is 1. The van der Waals surface area contributed by atoms with Gasteiger partial charge >= 0.3 is 5.97 Å². The van der Waals surface area contributed by atoms with Gasteiger partial charge in [-0.15, -0.1) is 0 Å². The first-order valence-electron chi connectivity index (χ1n) is 6.22. The first-order valence-corrected chi connectivity index (χ1v) is 7.30. The van der Waals surface area contributed by atoms with Crippen molar-refractivity contribution >= 4 is 40.2 Å². The van der Waals surface area contributed by atoms with Gasteiger partial charge in [0.1, 0.15) is 0 Å². The third-order valence-electron chi connectivity index (χ3n) is 2.61. The molecule has 0 aliphatic heterocycles. The van der Waals surface area contributed by atoms with Crippen molar-refractivity contribution in [2.45, 2.75) is 0 Å². The van der Waals surface area contributed by atoms with E-state index in [2.05, 4.69) is 33.0 Å². The highest BCUT2D eigenvalue weighted by Gasteiger charge is 2.12. The number of carbonyl (C=O) groups is 2. The molecule has 0 radical (unpaired) electrons. The minimum absolute atomic E-state index is 0.0378. The predicted octanol–water partition coefficient (Wildman–Crippen LogP) is 1.18. The number of amides is 1. The Morgan fingerprint density at radius 2 is 2.09 bits per heavy atom. The summed E-state index contributed by atoms with van der Waals surface area (Å²) < 4.78 is 6.85. The number of benzene rings is 1. The van der Waals surface area contributed by atoms with Crippen molar-refractivity contribution in [3.63, 3.8) is 0 Å². The Kier molecular flexibility index (Phi) is 5.26. The number of aromatic nitrogens is 2. The van der Waals surface area contributed by atoms with Crippen molar-refractivity contribution in [1.29, 1.82) is 0 Å². The number of esters is 1. The van der Waals surface area contributed by atoms with Crippen LogP contribution < -0.4 is 10.9 Å². The van der Waals surface area contributed by atoms with E-state index >= 15 is 0 Å². The Labute approximate surface area is 139 Å². The summed E-state index contributed by atoms with van der Waals surface area (Å²) in [6.45, 7) is -0.436. The highest BCUT2D eigenvalue weighted by atomic mass is 127. The zero-order valence-corrected chi connectivity index (χ0v) is 13.7. The van der Waals surface area contributed by atoms with E-state index in [1.165, 1.54) is 19.2 Å². The summed E-state index contributed by atoms with van der Waals surface area (Å²) in [5, 5.41) is 6.36. The molecule has 1 heterocycles. The summed E-state index contributed by atoms with van der Waals surface area (Å²) in [5.74, 6) is -1.23. The number of ether oxygens (including phenoxy) is 1. The van der Waals surface area contributed by atoms with E-state index in [-0.39, 0.29) is 11.3 Å². The van der Waals surface area contributed by atoms with E-state index < -0.39 is 18.5 Å². The summed E-state index contributed by atoms with van der Waals surface area (Å²) in [6.07, 6.45) is 0. The monoisotopic (exact) mass is 413 g/mol. The Bertz CT molecular complexity index is 773. The highest BCUT2D eigenvalue weighted by molar-refractivity contribution is 14.1. The molecule has 0 saturated carbocycles. The highest BCUT2D eigenvalue weighted by Crippen LogP contribution is 2.12. The fourth-order valence-corrected chi connectivity index (χ4v) is 2.12. The maximum atomic E-state index is 11.7. The van der Waals surface area contributed by atoms with Crippen molar-refractivity contribution in [2.75, 3.05) is 11.9 Å². The molecule has 0 spiro atoms. The molecule has 0 atom stereocenters. The number of rotatable bonds is 4. The third-order valence-corrected chi connectivity index (χ3v) is 3.28. The smallest absolute Gasteiger partial charge is 0.359 e. The zero-order valence-electron chi connectivity index (χ0n) is 11.6. The SMILES string of the molecule is Cn1nc(C(=O)OCC(=O)Nc2cccc(I)c2)ccc1=O. The molecule has 22 heavy (non-hydrogen) atoms. The van der Waals surface area contributed by atoms with E-state index in [9.17, 15) is 14.4 Å². The first-order chi connectivity index (χ1) is 10.5. The van der Waals surface area contributed by atoms with Crippen LogP contribution in [0.1, 0.15) is 10.5 Å². The molecule has 1 aromatic heterocycles. The number of hydrogen-bond acceptors (Lipinski definition) is 5. The Morgan fingerprint density at radius 3 is 2.77 bits per heavy atom. The molecule has 2 aromatic rings. The van der Waals surface area contributed by atoms with Crippen LogP contribution in [0.15, 0.2) is 41.2 Å². The van der Waals surface area contributed by atoms with E-state index in [4.69, 9.17) is 4.74 Å². The van der Waals surface area contributed by atoms with Gasteiger partial charge in [0, 0.05) is 22.4 Å². The van der Waals surface area contributed by atoms with E-state index in [0.29, 0.717) is 5.69 Å². The topological polar surface area (TPSA) is 90.3 Å². The zero-order chi connectivity index (χ0) is 16.1. The molecule has 0 aliphatic carbocycles. The minimum Gasteiger partial charge on any atom is -0.451 e. The van der Waals surface area contributed by atoms with Crippen molar-refractivity contribution in [3.8, 4) is 0 Å². The van der Waals surface area contributed by atoms with Crippen LogP contribution in [0.5, 0.6) is 0 Å². The fraction of sp³-hybridized carbons (Fsp3) is 0.143. The molecular weight excluding hydrogens is 401 g/mol. The summed E-state index contributed by atoms with van der Waals surface area (Å²) in [6, 6.07) is 9.67. The number of hydrogen-bond donors (Lipinski definition) is 1. The van der Waals surface area contributed by atoms with Crippen molar-refractivity contribution < 1.29 is 14.3 Å². The van der Waals surface area contributed by atoms with Crippen LogP contribution in [-0.2, 0) is 16.6 Å². The van der Waals surface area contributed by atoms with Crippen molar-refractivity contribution in [2.24, 2.45) is 7.05 Å². The molecule has 0 fully saturated rings. The fourth-order valence-electron chi connectivity index (χ4n) is 1.58. The summed E-state index contributed by atoms with van der Waals surface area (Å²) in [7, 11) is 1.42. The Balaban J connectivity index is 1.91. The average Bonchev–Trinajstić information content (AvgIpc) is 2.47. The first kappa shape index (κ1) is 16.1. The number of nitrogens with zero attached hydrogens (tertiary/aromatic N) is 2. The average molecular weight is 413 g/mol. The van der Waals surface area contributed by atoms with Crippen LogP contribution in [0, 0.1) is 3.57 Å². The molecule has 0 bridgehead atoms. The van der Waals surface area contributed by atoms with E-state index in [0.717, 1.165) is 8.25 Å². The summed E-state index contributed by atoms with van der Waals surface area (Å²) >= 11 is 2.12. The Hall–Kier alpha value is -2.23. The normalized spacial score (nSPS) is 10.1. The second-order valence-electron chi connectivity index (χ2n) is 4.32. The van der Waals surface area contributed by atoms with Crippen molar-refractivity contribution in [1.82, 2.24) is 9.78 Å². The van der Waals surface area contributed by atoms with E-state index in [1.54, 1.807) is 18.2 Å². The van der Waals surface area contributed by atoms with Gasteiger partial charge in [0.05, 0.1) is 0 Å². The lowest BCUT2D eigenvalue weighted by Gasteiger charge is -2.07. The van der Waals surface area contributed by atoms with Gasteiger partial charge in [-0.2, -0.15) is 5.10 Å². The van der Waals surface area contributed by atoms with Crippen LogP contribution in [0.3, 0.4) is 0 Å². The quantitative estimate of drug-likeness (QED) is 0.601. The van der Waals surface area contributed by atoms with Gasteiger partial charge < -0.3 is 10.1 Å². The largest absolute Gasteiger partial charge is 0.451 e. The van der Waals surface area contributed by atoms with Gasteiger partial charge in [-0.25, -0.2) is 9.48 Å². The van der Waals surface area contributed by atoms with Crippen LogP contribution >= 0.6 is 22.6 Å². The molecular formula is C14H12IN3O4. The van der Waals surface area contributed by atoms with Crippen LogP contribution in [-0.4, -0.2) is 28.3 Å². The maximum absolute atomic E-state index is 11.7. The maximum Gasteiger partial charge on any atom is 0.359 e. The van der Waals surface area contributed by atoms with Gasteiger partial charge in [0.25, 0.3) is 11.5 Å². The summed E-state index contributed by atoms with van der Waals surface area (Å²) in [5.41, 5.74) is 0.241. The second kappa shape index (κ2) is 7.16. The molecule has 1 aromatic carbocycles. The van der Waals surface area contributed by atoms with Gasteiger partial charge in [-0.1, -0.05) is 6.07 Å². The molecule has 1 N–H and O–H groups in total. The number of halogens is 1. The number of anilines is 1. The minimum atomic E-state index is -0.770. The standard InChI is InChI=1S/C14H12IN3O4/c1-18-13(20)6-5-11(17-18)14(21)22-8-12(19)16-10-4-2-3-9(15)7-10/h2-7H,8H2,1H3,(H,16,19).